The predicted molar refractivity (Wildman–Crippen MR) is 71.3 cm³/mol. The minimum atomic E-state index is -0.491. The van der Waals surface area contributed by atoms with Crippen molar-refractivity contribution in [2.75, 3.05) is 13.2 Å². The van der Waals surface area contributed by atoms with E-state index in [1.807, 2.05) is 0 Å². The Morgan fingerprint density at radius 2 is 1.56 bits per heavy atom. The maximum absolute atomic E-state index is 10.7. The summed E-state index contributed by atoms with van der Waals surface area (Å²) in [6, 6.07) is 0. The summed E-state index contributed by atoms with van der Waals surface area (Å²) in [7, 11) is 0. The second kappa shape index (κ2) is 5.48. The zero-order valence-corrected chi connectivity index (χ0v) is 12.1. The molecule has 18 heavy (non-hydrogen) atoms. The van der Waals surface area contributed by atoms with E-state index in [1.165, 1.54) is 6.42 Å². The summed E-state index contributed by atoms with van der Waals surface area (Å²) in [6.45, 7) is 8.17. The molecule has 0 aromatic carbocycles. The highest BCUT2D eigenvalue weighted by molar-refractivity contribution is 4.92. The SMILES string of the molecule is CC(C)CC(C)CC1(O)CCC2(CC1)OCCO2. The van der Waals surface area contributed by atoms with Gasteiger partial charge in [-0.25, -0.2) is 0 Å². The Morgan fingerprint density at radius 1 is 1.00 bits per heavy atom. The van der Waals surface area contributed by atoms with Gasteiger partial charge in [0.05, 0.1) is 18.8 Å². The Labute approximate surface area is 111 Å². The van der Waals surface area contributed by atoms with E-state index in [1.54, 1.807) is 0 Å². The molecule has 3 heteroatoms. The average molecular weight is 256 g/mol. The summed E-state index contributed by atoms with van der Waals surface area (Å²) in [4.78, 5) is 0. The van der Waals surface area contributed by atoms with Gasteiger partial charge in [0.1, 0.15) is 0 Å². The summed E-state index contributed by atoms with van der Waals surface area (Å²) >= 11 is 0. The first-order chi connectivity index (χ1) is 8.43. The molecule has 1 aliphatic heterocycles. The molecule has 1 aliphatic carbocycles. The lowest BCUT2D eigenvalue weighted by Gasteiger charge is -2.41. The van der Waals surface area contributed by atoms with E-state index in [0.717, 1.165) is 32.1 Å². The molecule has 0 bridgehead atoms. The Morgan fingerprint density at radius 3 is 2.06 bits per heavy atom. The summed E-state index contributed by atoms with van der Waals surface area (Å²) in [6.07, 6.45) is 5.43. The maximum atomic E-state index is 10.7. The van der Waals surface area contributed by atoms with Crippen molar-refractivity contribution in [2.45, 2.75) is 70.7 Å². The number of hydrogen-bond acceptors (Lipinski definition) is 3. The number of aliphatic hydroxyl groups is 1. The van der Waals surface area contributed by atoms with Gasteiger partial charge in [0, 0.05) is 12.8 Å². The molecule has 1 atom stereocenters. The van der Waals surface area contributed by atoms with E-state index in [-0.39, 0.29) is 5.79 Å². The van der Waals surface area contributed by atoms with Crippen LogP contribution in [-0.2, 0) is 9.47 Å². The molecule has 0 aromatic rings. The van der Waals surface area contributed by atoms with Crippen molar-refractivity contribution in [2.24, 2.45) is 11.8 Å². The van der Waals surface area contributed by atoms with Gasteiger partial charge in [0.15, 0.2) is 5.79 Å². The average Bonchev–Trinajstić information content (AvgIpc) is 2.71. The highest BCUT2D eigenvalue weighted by atomic mass is 16.7. The minimum Gasteiger partial charge on any atom is -0.390 e. The van der Waals surface area contributed by atoms with Crippen molar-refractivity contribution in [3.05, 3.63) is 0 Å². The van der Waals surface area contributed by atoms with Crippen LogP contribution < -0.4 is 0 Å². The van der Waals surface area contributed by atoms with Gasteiger partial charge >= 0.3 is 0 Å². The van der Waals surface area contributed by atoms with Crippen LogP contribution in [0.5, 0.6) is 0 Å². The van der Waals surface area contributed by atoms with Gasteiger partial charge in [-0.15, -0.1) is 0 Å². The topological polar surface area (TPSA) is 38.7 Å². The Balaban J connectivity index is 1.83. The number of rotatable bonds is 4. The smallest absolute Gasteiger partial charge is 0.168 e. The van der Waals surface area contributed by atoms with Crippen LogP contribution in [0, 0.1) is 11.8 Å². The molecule has 3 nitrogen and oxygen atoms in total. The molecule has 0 aromatic heterocycles. The standard InChI is InChI=1S/C15H28O3/c1-12(2)10-13(3)11-14(16)4-6-15(7-5-14)17-8-9-18-15/h12-13,16H,4-11H2,1-3H3. The summed E-state index contributed by atoms with van der Waals surface area (Å²) in [5.41, 5.74) is -0.491. The molecular weight excluding hydrogens is 228 g/mol. The molecule has 2 rings (SSSR count). The van der Waals surface area contributed by atoms with Crippen molar-refractivity contribution in [1.29, 1.82) is 0 Å². The normalized spacial score (nSPS) is 27.8. The van der Waals surface area contributed by atoms with Crippen molar-refractivity contribution < 1.29 is 14.6 Å². The zero-order chi connectivity index (χ0) is 13.2. The molecule has 106 valence electrons. The van der Waals surface area contributed by atoms with Crippen LogP contribution in [0.3, 0.4) is 0 Å². The highest BCUT2D eigenvalue weighted by Crippen LogP contribution is 2.43. The fourth-order valence-electron chi connectivity index (χ4n) is 3.62. The van der Waals surface area contributed by atoms with Crippen LogP contribution in [0.15, 0.2) is 0 Å². The Kier molecular flexibility index (Phi) is 4.35. The maximum Gasteiger partial charge on any atom is 0.168 e. The van der Waals surface area contributed by atoms with Crippen molar-refractivity contribution >= 4 is 0 Å². The lowest BCUT2D eigenvalue weighted by molar-refractivity contribution is -0.204. The van der Waals surface area contributed by atoms with E-state index >= 15 is 0 Å². The van der Waals surface area contributed by atoms with Crippen molar-refractivity contribution in [3.8, 4) is 0 Å². The van der Waals surface area contributed by atoms with Crippen LogP contribution in [0.1, 0.15) is 59.3 Å². The predicted octanol–water partition coefficient (Wildman–Crippen LogP) is 3.11. The van der Waals surface area contributed by atoms with Gasteiger partial charge in [-0.2, -0.15) is 0 Å². The number of ether oxygens (including phenoxy) is 2. The van der Waals surface area contributed by atoms with Crippen molar-refractivity contribution in [3.63, 3.8) is 0 Å². The summed E-state index contributed by atoms with van der Waals surface area (Å²) in [5, 5.41) is 10.7. The zero-order valence-electron chi connectivity index (χ0n) is 12.1. The molecule has 1 heterocycles. The van der Waals surface area contributed by atoms with Gasteiger partial charge in [0.25, 0.3) is 0 Å². The molecule has 2 aliphatic rings. The van der Waals surface area contributed by atoms with Crippen LogP contribution in [0.25, 0.3) is 0 Å². The van der Waals surface area contributed by atoms with E-state index in [4.69, 9.17) is 9.47 Å². The quantitative estimate of drug-likeness (QED) is 0.840. The molecule has 1 spiro atoms. The third-order valence-electron chi connectivity index (χ3n) is 4.36. The highest BCUT2D eigenvalue weighted by Gasteiger charge is 2.45. The Bertz CT molecular complexity index is 259. The van der Waals surface area contributed by atoms with Crippen LogP contribution in [-0.4, -0.2) is 29.7 Å². The van der Waals surface area contributed by atoms with Gasteiger partial charge in [-0.3, -0.25) is 0 Å². The molecular formula is C15H28O3. The first-order valence-corrected chi connectivity index (χ1v) is 7.43. The van der Waals surface area contributed by atoms with Gasteiger partial charge < -0.3 is 14.6 Å². The van der Waals surface area contributed by atoms with E-state index in [0.29, 0.717) is 25.0 Å². The van der Waals surface area contributed by atoms with Gasteiger partial charge in [0.2, 0.25) is 0 Å². The second-order valence-corrected chi connectivity index (χ2v) is 6.77. The molecule has 2 fully saturated rings. The first-order valence-electron chi connectivity index (χ1n) is 7.43. The largest absolute Gasteiger partial charge is 0.390 e. The van der Waals surface area contributed by atoms with Crippen molar-refractivity contribution in [1.82, 2.24) is 0 Å². The van der Waals surface area contributed by atoms with Crippen LogP contribution >= 0.6 is 0 Å². The van der Waals surface area contributed by atoms with E-state index in [9.17, 15) is 5.11 Å². The monoisotopic (exact) mass is 256 g/mol. The lowest BCUT2D eigenvalue weighted by Crippen LogP contribution is -2.44. The molecule has 0 radical (unpaired) electrons. The molecule has 1 saturated carbocycles. The fourth-order valence-corrected chi connectivity index (χ4v) is 3.62. The molecule has 1 unspecified atom stereocenters. The third-order valence-corrected chi connectivity index (χ3v) is 4.36. The molecule has 1 N–H and O–H groups in total. The molecule has 1 saturated heterocycles. The third kappa shape index (κ3) is 3.46. The van der Waals surface area contributed by atoms with E-state index < -0.39 is 5.60 Å². The number of hydrogen-bond donors (Lipinski definition) is 1. The Hall–Kier alpha value is -0.120. The van der Waals surface area contributed by atoms with E-state index in [2.05, 4.69) is 20.8 Å². The fraction of sp³-hybridized carbons (Fsp3) is 1.00. The lowest BCUT2D eigenvalue weighted by atomic mass is 9.75. The summed E-state index contributed by atoms with van der Waals surface area (Å²) < 4.78 is 11.4. The first kappa shape index (κ1) is 14.3. The minimum absolute atomic E-state index is 0.354. The van der Waals surface area contributed by atoms with Gasteiger partial charge in [-0.1, -0.05) is 20.8 Å². The van der Waals surface area contributed by atoms with Crippen LogP contribution in [0.2, 0.25) is 0 Å². The van der Waals surface area contributed by atoms with Crippen LogP contribution in [0.4, 0.5) is 0 Å². The second-order valence-electron chi connectivity index (χ2n) is 6.77. The summed E-state index contributed by atoms with van der Waals surface area (Å²) in [5.74, 6) is 0.947. The molecule has 0 amide bonds. The van der Waals surface area contributed by atoms with Gasteiger partial charge in [-0.05, 0) is 37.5 Å².